The van der Waals surface area contributed by atoms with Gasteiger partial charge in [-0.2, -0.15) is 0 Å². The number of halogens is 1. The highest BCUT2D eigenvalue weighted by molar-refractivity contribution is 5.90. The van der Waals surface area contributed by atoms with Gasteiger partial charge in [-0.3, -0.25) is 0 Å². The molecule has 1 aromatic carbocycles. The molecule has 4 rings (SSSR count). The van der Waals surface area contributed by atoms with E-state index in [1.807, 2.05) is 0 Å². The average molecular weight is 303 g/mol. The molecule has 1 aliphatic carbocycles. The number of rotatable bonds is 2. The zero-order valence-electron chi connectivity index (χ0n) is 12.2. The zero-order valence-corrected chi connectivity index (χ0v) is 12.2. The average Bonchev–Trinajstić information content (AvgIpc) is 2.98. The first-order valence-corrected chi connectivity index (χ1v) is 7.66. The van der Waals surface area contributed by atoms with Gasteiger partial charge in [0.2, 0.25) is 0 Å². The van der Waals surface area contributed by atoms with Gasteiger partial charge in [-0.25, -0.2) is 14.4 Å². The van der Waals surface area contributed by atoms with E-state index < -0.39 is 0 Å². The van der Waals surface area contributed by atoms with Gasteiger partial charge in [-0.15, -0.1) is 0 Å². The maximum atomic E-state index is 14.3. The molecule has 5 nitrogen and oxygen atoms in total. The number of benzene rings is 1. The van der Waals surface area contributed by atoms with E-state index in [0.29, 0.717) is 29.9 Å². The van der Waals surface area contributed by atoms with E-state index in [0.717, 1.165) is 12.8 Å². The van der Waals surface area contributed by atoms with Crippen molar-refractivity contribution in [3.63, 3.8) is 0 Å². The van der Waals surface area contributed by atoms with Crippen LogP contribution in [0.2, 0.25) is 0 Å². The van der Waals surface area contributed by atoms with E-state index in [2.05, 4.69) is 14.9 Å². The molecule has 1 N–H and O–H groups in total. The minimum atomic E-state index is -0.298. The molecule has 0 amide bonds. The molecule has 2 heterocycles. The van der Waals surface area contributed by atoms with Crippen molar-refractivity contribution in [2.45, 2.75) is 25.0 Å². The number of hydrogen-bond donors (Lipinski definition) is 1. The van der Waals surface area contributed by atoms with E-state index in [1.165, 1.54) is 12.4 Å². The number of hydrogen-bond acceptors (Lipinski definition) is 5. The first-order valence-electron chi connectivity index (χ1n) is 7.66. The Hall–Kier alpha value is -1.79. The van der Waals surface area contributed by atoms with Crippen molar-refractivity contribution in [1.29, 1.82) is 0 Å². The lowest BCUT2D eigenvalue weighted by molar-refractivity contribution is 0.0229. The second-order valence-corrected chi connectivity index (χ2v) is 6.02. The molecule has 2 fully saturated rings. The molecule has 1 unspecified atom stereocenters. The maximum absolute atomic E-state index is 14.3. The van der Waals surface area contributed by atoms with Crippen molar-refractivity contribution in [1.82, 2.24) is 9.97 Å². The van der Waals surface area contributed by atoms with E-state index in [9.17, 15) is 9.50 Å². The van der Waals surface area contributed by atoms with E-state index in [4.69, 9.17) is 4.74 Å². The predicted octanol–water partition coefficient (Wildman–Crippen LogP) is 1.74. The third kappa shape index (κ3) is 2.14. The fourth-order valence-corrected chi connectivity index (χ4v) is 3.73. The second-order valence-electron chi connectivity index (χ2n) is 6.02. The lowest BCUT2D eigenvalue weighted by Gasteiger charge is -2.38. The number of anilines is 1. The highest BCUT2D eigenvalue weighted by atomic mass is 19.1. The normalized spacial score (nSPS) is 28.1. The Morgan fingerprint density at radius 1 is 1.32 bits per heavy atom. The Morgan fingerprint density at radius 3 is 3.09 bits per heavy atom. The van der Waals surface area contributed by atoms with Crippen molar-refractivity contribution < 1.29 is 14.2 Å². The summed E-state index contributed by atoms with van der Waals surface area (Å²) in [5, 5.41) is 9.90. The molecule has 0 radical (unpaired) electrons. The molecular formula is C16H18FN3O2. The number of aromatic nitrogens is 2. The monoisotopic (exact) mass is 303 g/mol. The van der Waals surface area contributed by atoms with E-state index in [1.54, 1.807) is 12.1 Å². The van der Waals surface area contributed by atoms with Crippen LogP contribution in [-0.2, 0) is 4.74 Å². The standard InChI is InChI=1S/C16H18FN3O2/c17-11-2-1-3-12-15(11)16(19-9-18-12)20-4-5-22-14-7-10(8-21)6-13(14)20/h1-3,9-10,13-14,21H,4-8H2/t10-,13+,14?/m1/s1. The molecule has 1 saturated heterocycles. The SMILES string of the molecule is OC[C@H]1CC2OCCN(c3ncnc4cccc(F)c34)[C@H]2C1. The van der Waals surface area contributed by atoms with Crippen LogP contribution >= 0.6 is 0 Å². The molecule has 0 spiro atoms. The first kappa shape index (κ1) is 13.8. The number of aliphatic hydroxyl groups is 1. The smallest absolute Gasteiger partial charge is 0.143 e. The molecule has 0 bridgehead atoms. The molecule has 1 aromatic heterocycles. The van der Waals surface area contributed by atoms with Crippen molar-refractivity contribution in [2.75, 3.05) is 24.7 Å². The summed E-state index contributed by atoms with van der Waals surface area (Å²) < 4.78 is 20.1. The van der Waals surface area contributed by atoms with Crippen molar-refractivity contribution >= 4 is 16.7 Å². The van der Waals surface area contributed by atoms with Crippen LogP contribution in [0.3, 0.4) is 0 Å². The van der Waals surface area contributed by atoms with Gasteiger partial charge in [-0.05, 0) is 30.9 Å². The molecular weight excluding hydrogens is 285 g/mol. The molecule has 2 aliphatic rings. The Kier molecular flexibility index (Phi) is 3.43. The Labute approximate surface area is 127 Å². The number of ether oxygens (including phenoxy) is 1. The van der Waals surface area contributed by atoms with Crippen LogP contribution in [0.25, 0.3) is 10.9 Å². The van der Waals surface area contributed by atoms with Gasteiger partial charge >= 0.3 is 0 Å². The molecule has 1 aliphatic heterocycles. The molecule has 2 aromatic rings. The maximum Gasteiger partial charge on any atom is 0.143 e. The molecule has 3 atom stereocenters. The van der Waals surface area contributed by atoms with Crippen molar-refractivity contribution in [3.8, 4) is 0 Å². The topological polar surface area (TPSA) is 58.5 Å². The quantitative estimate of drug-likeness (QED) is 0.916. The molecule has 1 saturated carbocycles. The predicted molar refractivity (Wildman–Crippen MR) is 80.2 cm³/mol. The van der Waals surface area contributed by atoms with Gasteiger partial charge in [0.15, 0.2) is 0 Å². The molecule has 6 heteroatoms. The second kappa shape index (κ2) is 5.44. The van der Waals surface area contributed by atoms with E-state index >= 15 is 0 Å². The summed E-state index contributed by atoms with van der Waals surface area (Å²) in [6.07, 6.45) is 3.27. The lowest BCUT2D eigenvalue weighted by Crippen LogP contribution is -2.49. The summed E-state index contributed by atoms with van der Waals surface area (Å²) in [6, 6.07) is 5.04. The summed E-state index contributed by atoms with van der Waals surface area (Å²) >= 11 is 0. The van der Waals surface area contributed by atoms with Crippen LogP contribution in [0, 0.1) is 11.7 Å². The van der Waals surface area contributed by atoms with Crippen LogP contribution in [0.15, 0.2) is 24.5 Å². The van der Waals surface area contributed by atoms with Crippen molar-refractivity contribution in [3.05, 3.63) is 30.3 Å². The van der Waals surface area contributed by atoms with Gasteiger partial charge in [0, 0.05) is 13.2 Å². The van der Waals surface area contributed by atoms with Gasteiger partial charge in [0.05, 0.1) is 29.7 Å². The largest absolute Gasteiger partial charge is 0.396 e. The van der Waals surface area contributed by atoms with Crippen LogP contribution < -0.4 is 4.90 Å². The summed E-state index contributed by atoms with van der Waals surface area (Å²) in [7, 11) is 0. The van der Waals surface area contributed by atoms with Gasteiger partial charge < -0.3 is 14.7 Å². The van der Waals surface area contributed by atoms with E-state index in [-0.39, 0.29) is 30.5 Å². The minimum Gasteiger partial charge on any atom is -0.396 e. The number of fused-ring (bicyclic) bond motifs is 2. The van der Waals surface area contributed by atoms with Crippen LogP contribution in [0.5, 0.6) is 0 Å². The Balaban J connectivity index is 1.78. The van der Waals surface area contributed by atoms with Crippen LogP contribution in [0.1, 0.15) is 12.8 Å². The lowest BCUT2D eigenvalue weighted by atomic mass is 10.1. The van der Waals surface area contributed by atoms with Gasteiger partial charge in [0.25, 0.3) is 0 Å². The van der Waals surface area contributed by atoms with Crippen LogP contribution in [0.4, 0.5) is 10.2 Å². The highest BCUT2D eigenvalue weighted by Crippen LogP contribution is 2.38. The summed E-state index contributed by atoms with van der Waals surface area (Å²) in [4.78, 5) is 10.7. The third-order valence-electron chi connectivity index (χ3n) is 4.76. The Morgan fingerprint density at radius 2 is 2.23 bits per heavy atom. The summed E-state index contributed by atoms with van der Waals surface area (Å²) in [5.41, 5.74) is 0.616. The first-order chi connectivity index (χ1) is 10.8. The van der Waals surface area contributed by atoms with Gasteiger partial charge in [0.1, 0.15) is 18.0 Å². The Bertz CT molecular complexity index is 691. The fraction of sp³-hybridized carbons (Fsp3) is 0.500. The fourth-order valence-electron chi connectivity index (χ4n) is 3.73. The van der Waals surface area contributed by atoms with Crippen molar-refractivity contribution in [2.24, 2.45) is 5.92 Å². The van der Waals surface area contributed by atoms with Gasteiger partial charge in [-0.1, -0.05) is 6.07 Å². The third-order valence-corrected chi connectivity index (χ3v) is 4.76. The van der Waals surface area contributed by atoms with Crippen LogP contribution in [-0.4, -0.2) is 47.0 Å². The summed E-state index contributed by atoms with van der Waals surface area (Å²) in [6.45, 7) is 1.45. The molecule has 116 valence electrons. The molecule has 22 heavy (non-hydrogen) atoms. The number of aliphatic hydroxyl groups excluding tert-OH is 1. The highest BCUT2D eigenvalue weighted by Gasteiger charge is 2.41. The number of nitrogens with zero attached hydrogens (tertiary/aromatic N) is 3. The summed E-state index contributed by atoms with van der Waals surface area (Å²) in [5.74, 6) is 0.585. The number of morpholine rings is 1. The zero-order chi connectivity index (χ0) is 15.1. The minimum absolute atomic E-state index is 0.0858.